The molecule has 130 valence electrons. The van der Waals surface area contributed by atoms with Crippen LogP contribution in [-0.4, -0.2) is 26.3 Å². The molecule has 5 nitrogen and oxygen atoms in total. The van der Waals surface area contributed by atoms with E-state index in [1.807, 2.05) is 13.0 Å². The van der Waals surface area contributed by atoms with E-state index in [2.05, 4.69) is 60.3 Å². The highest BCUT2D eigenvalue weighted by Crippen LogP contribution is 2.26. The fraction of sp³-hybridized carbons (Fsp3) is 0.500. The van der Waals surface area contributed by atoms with Crippen molar-refractivity contribution >= 4 is 23.4 Å². The summed E-state index contributed by atoms with van der Waals surface area (Å²) in [6.07, 6.45) is 1.79. The minimum Gasteiger partial charge on any atom is -0.325 e. The normalized spacial score (nSPS) is 12.4. The summed E-state index contributed by atoms with van der Waals surface area (Å²) in [6, 6.07) is 6.18. The summed E-state index contributed by atoms with van der Waals surface area (Å²) in [7, 11) is 0. The van der Waals surface area contributed by atoms with Gasteiger partial charge in [0.05, 0.1) is 5.25 Å². The molecule has 1 amide bonds. The first-order valence-corrected chi connectivity index (χ1v) is 9.34. The number of nitrogens with zero attached hydrogens (tertiary/aromatic N) is 2. The van der Waals surface area contributed by atoms with Gasteiger partial charge in [-0.25, -0.2) is 4.98 Å². The van der Waals surface area contributed by atoms with Crippen LogP contribution < -0.4 is 5.32 Å². The second kappa shape index (κ2) is 8.33. The maximum atomic E-state index is 12.6. The van der Waals surface area contributed by atoms with Crippen LogP contribution in [0.2, 0.25) is 0 Å². The van der Waals surface area contributed by atoms with Crippen LogP contribution in [0.3, 0.4) is 0 Å². The Balaban J connectivity index is 2.09. The summed E-state index contributed by atoms with van der Waals surface area (Å²) >= 11 is 1.37. The number of H-pyrrole nitrogens is 1. The van der Waals surface area contributed by atoms with Crippen molar-refractivity contribution in [1.29, 1.82) is 0 Å². The van der Waals surface area contributed by atoms with Gasteiger partial charge in [-0.1, -0.05) is 57.7 Å². The maximum absolute atomic E-state index is 12.6. The summed E-state index contributed by atoms with van der Waals surface area (Å²) in [4.78, 5) is 17.0. The predicted octanol–water partition coefficient (Wildman–Crippen LogP) is 4.17. The van der Waals surface area contributed by atoms with Crippen LogP contribution in [0.25, 0.3) is 0 Å². The van der Waals surface area contributed by atoms with Gasteiger partial charge in [0.2, 0.25) is 11.1 Å². The topological polar surface area (TPSA) is 70.7 Å². The third-order valence-electron chi connectivity index (χ3n) is 3.93. The molecule has 1 aromatic carbocycles. The Labute approximate surface area is 148 Å². The Morgan fingerprint density at radius 3 is 2.33 bits per heavy atom. The third kappa shape index (κ3) is 4.38. The first-order chi connectivity index (χ1) is 11.5. The van der Waals surface area contributed by atoms with Crippen LogP contribution in [0.1, 0.15) is 57.5 Å². The highest BCUT2D eigenvalue weighted by atomic mass is 32.2. The number of para-hydroxylation sites is 1. The van der Waals surface area contributed by atoms with E-state index >= 15 is 0 Å². The molecule has 0 saturated carbocycles. The van der Waals surface area contributed by atoms with Gasteiger partial charge < -0.3 is 5.32 Å². The van der Waals surface area contributed by atoms with Crippen molar-refractivity contribution in [2.75, 3.05) is 5.32 Å². The molecule has 1 heterocycles. The lowest BCUT2D eigenvalue weighted by molar-refractivity contribution is -0.115. The van der Waals surface area contributed by atoms with Gasteiger partial charge in [0, 0.05) is 11.6 Å². The van der Waals surface area contributed by atoms with E-state index in [1.54, 1.807) is 0 Å². The van der Waals surface area contributed by atoms with Gasteiger partial charge in [-0.05, 0) is 30.9 Å². The molecule has 0 saturated heterocycles. The lowest BCUT2D eigenvalue weighted by Gasteiger charge is -2.16. The SMILES string of the molecule is CCc1cccc(CC)c1NC(=O)C(C)Sc1n[nH]c(C(C)C)n1. The van der Waals surface area contributed by atoms with E-state index < -0.39 is 0 Å². The Bertz CT molecular complexity index is 674. The number of hydrogen-bond donors (Lipinski definition) is 2. The first kappa shape index (κ1) is 18.5. The van der Waals surface area contributed by atoms with Crippen molar-refractivity contribution in [2.24, 2.45) is 0 Å². The molecule has 1 atom stereocenters. The van der Waals surface area contributed by atoms with Gasteiger partial charge in [0.25, 0.3) is 0 Å². The van der Waals surface area contributed by atoms with Crippen LogP contribution in [0.15, 0.2) is 23.4 Å². The van der Waals surface area contributed by atoms with Gasteiger partial charge in [-0.3, -0.25) is 9.89 Å². The summed E-state index contributed by atoms with van der Waals surface area (Å²) in [5.41, 5.74) is 3.29. The molecule has 2 N–H and O–H groups in total. The lowest BCUT2D eigenvalue weighted by atomic mass is 10.0. The summed E-state index contributed by atoms with van der Waals surface area (Å²) in [5.74, 6) is 1.11. The lowest BCUT2D eigenvalue weighted by Crippen LogP contribution is -2.24. The zero-order valence-electron chi connectivity index (χ0n) is 15.0. The quantitative estimate of drug-likeness (QED) is 0.738. The van der Waals surface area contributed by atoms with Crippen molar-refractivity contribution in [1.82, 2.24) is 15.2 Å². The van der Waals surface area contributed by atoms with E-state index in [9.17, 15) is 4.79 Å². The minimum atomic E-state index is -0.268. The van der Waals surface area contributed by atoms with Crippen molar-refractivity contribution < 1.29 is 4.79 Å². The summed E-state index contributed by atoms with van der Waals surface area (Å²) in [6.45, 7) is 10.2. The number of aromatic nitrogens is 3. The van der Waals surface area contributed by atoms with Crippen molar-refractivity contribution in [2.45, 2.75) is 63.8 Å². The minimum absolute atomic E-state index is 0.0218. The van der Waals surface area contributed by atoms with Gasteiger partial charge in [-0.15, -0.1) is 5.10 Å². The number of aromatic amines is 1. The Kier molecular flexibility index (Phi) is 6.43. The summed E-state index contributed by atoms with van der Waals surface area (Å²) < 4.78 is 0. The molecule has 6 heteroatoms. The maximum Gasteiger partial charge on any atom is 0.237 e. The van der Waals surface area contributed by atoms with Gasteiger partial charge in [-0.2, -0.15) is 0 Å². The largest absolute Gasteiger partial charge is 0.325 e. The van der Waals surface area contributed by atoms with E-state index in [0.29, 0.717) is 11.1 Å². The van der Waals surface area contributed by atoms with Gasteiger partial charge in [0.15, 0.2) is 0 Å². The van der Waals surface area contributed by atoms with Crippen LogP contribution in [0, 0.1) is 0 Å². The Morgan fingerprint density at radius 1 is 1.21 bits per heavy atom. The number of amides is 1. The van der Waals surface area contributed by atoms with E-state index in [0.717, 1.165) is 24.4 Å². The van der Waals surface area contributed by atoms with E-state index in [1.165, 1.54) is 22.9 Å². The first-order valence-electron chi connectivity index (χ1n) is 8.46. The highest BCUT2D eigenvalue weighted by Gasteiger charge is 2.19. The molecule has 24 heavy (non-hydrogen) atoms. The number of hydrogen-bond acceptors (Lipinski definition) is 4. The molecule has 2 rings (SSSR count). The second-order valence-corrected chi connectivity index (χ2v) is 7.37. The number of nitrogens with one attached hydrogen (secondary N) is 2. The van der Waals surface area contributed by atoms with Gasteiger partial charge in [0.1, 0.15) is 5.82 Å². The molecule has 0 radical (unpaired) electrons. The number of aryl methyl sites for hydroxylation is 2. The number of anilines is 1. The zero-order valence-corrected chi connectivity index (χ0v) is 15.8. The van der Waals surface area contributed by atoms with Gasteiger partial charge >= 0.3 is 0 Å². The van der Waals surface area contributed by atoms with Crippen molar-refractivity contribution in [3.63, 3.8) is 0 Å². The van der Waals surface area contributed by atoms with Crippen LogP contribution in [0.5, 0.6) is 0 Å². The fourth-order valence-electron chi connectivity index (χ4n) is 2.41. The number of rotatable bonds is 7. The third-order valence-corrected chi connectivity index (χ3v) is 4.89. The van der Waals surface area contributed by atoms with Crippen molar-refractivity contribution in [3.8, 4) is 0 Å². The van der Waals surface area contributed by atoms with Crippen LogP contribution in [0.4, 0.5) is 5.69 Å². The molecule has 1 unspecified atom stereocenters. The predicted molar refractivity (Wildman–Crippen MR) is 99.6 cm³/mol. The standard InChI is InChI=1S/C18H26N4OS/c1-6-13-9-8-10-14(7-2)15(13)19-17(23)12(5)24-18-20-16(11(3)4)21-22-18/h8-12H,6-7H2,1-5H3,(H,19,23)(H,20,21,22). The molecular formula is C18H26N4OS. The number of benzene rings is 1. The molecular weight excluding hydrogens is 320 g/mol. The molecule has 0 aliphatic carbocycles. The molecule has 0 spiro atoms. The zero-order chi connectivity index (χ0) is 17.7. The average molecular weight is 347 g/mol. The number of carbonyl (C=O) groups excluding carboxylic acids is 1. The van der Waals surface area contributed by atoms with Crippen LogP contribution in [-0.2, 0) is 17.6 Å². The average Bonchev–Trinajstić information content (AvgIpc) is 3.03. The molecule has 0 fully saturated rings. The van der Waals surface area contributed by atoms with Crippen molar-refractivity contribution in [3.05, 3.63) is 35.2 Å². The molecule has 0 aliphatic heterocycles. The Morgan fingerprint density at radius 2 is 1.83 bits per heavy atom. The van der Waals surface area contributed by atoms with E-state index in [-0.39, 0.29) is 11.2 Å². The Hall–Kier alpha value is -1.82. The summed E-state index contributed by atoms with van der Waals surface area (Å²) in [5, 5.41) is 10.6. The molecule has 0 bridgehead atoms. The highest BCUT2D eigenvalue weighted by molar-refractivity contribution is 8.00. The van der Waals surface area contributed by atoms with Crippen LogP contribution >= 0.6 is 11.8 Å². The smallest absolute Gasteiger partial charge is 0.237 e. The molecule has 2 aromatic rings. The fourth-order valence-corrected chi connectivity index (χ4v) is 3.14. The molecule has 0 aliphatic rings. The molecule has 1 aromatic heterocycles. The monoisotopic (exact) mass is 346 g/mol. The second-order valence-electron chi connectivity index (χ2n) is 6.07. The van der Waals surface area contributed by atoms with E-state index in [4.69, 9.17) is 0 Å². The number of thioether (sulfide) groups is 1. The number of carbonyl (C=O) groups is 1.